The molecule has 27 heavy (non-hydrogen) atoms. The zero-order chi connectivity index (χ0) is 18.8. The van der Waals surface area contributed by atoms with Gasteiger partial charge in [-0.25, -0.2) is 9.78 Å². The van der Waals surface area contributed by atoms with Gasteiger partial charge in [0.15, 0.2) is 0 Å². The Morgan fingerprint density at radius 2 is 1.93 bits per heavy atom. The summed E-state index contributed by atoms with van der Waals surface area (Å²) in [6.45, 7) is 0.514. The summed E-state index contributed by atoms with van der Waals surface area (Å²) in [7, 11) is 1.59. The number of benzene rings is 2. The molecule has 0 aliphatic rings. The molecule has 2 heterocycles. The first-order valence-electron chi connectivity index (χ1n) is 8.44. The molecular formula is C21H17N3O3. The van der Waals surface area contributed by atoms with Crippen LogP contribution in [0.1, 0.15) is 16.1 Å². The lowest BCUT2D eigenvalue weighted by Gasteiger charge is -2.04. The number of rotatable bonds is 5. The lowest BCUT2D eigenvalue weighted by atomic mass is 10.00. The summed E-state index contributed by atoms with van der Waals surface area (Å²) in [5, 5.41) is 14.8. The van der Waals surface area contributed by atoms with Gasteiger partial charge in [0.05, 0.1) is 30.4 Å². The van der Waals surface area contributed by atoms with Crippen LogP contribution in [0.5, 0.6) is 5.88 Å². The molecule has 0 atom stereocenters. The van der Waals surface area contributed by atoms with E-state index >= 15 is 0 Å². The molecule has 134 valence electrons. The Bertz CT molecular complexity index is 1130. The number of aromatic carboxylic acids is 1. The van der Waals surface area contributed by atoms with E-state index in [-0.39, 0.29) is 5.56 Å². The van der Waals surface area contributed by atoms with Crippen LogP contribution in [0.3, 0.4) is 0 Å². The molecule has 0 aliphatic heterocycles. The van der Waals surface area contributed by atoms with E-state index in [9.17, 15) is 9.90 Å². The standard InChI is InChI=1S/C21H17N3O3/c1-27-20-10-3-7-16(22-20)12-24-13-18-17(8-4-9-19(18)23-24)14-5-2-6-15(11-14)21(25)26/h2-11,13H,12H2,1H3,(H,25,26). The number of carboxylic acids is 1. The van der Waals surface area contributed by atoms with Crippen LogP contribution in [0.15, 0.2) is 66.9 Å². The molecular weight excluding hydrogens is 342 g/mol. The number of aromatic nitrogens is 3. The van der Waals surface area contributed by atoms with Crippen LogP contribution in [-0.4, -0.2) is 33.0 Å². The zero-order valence-electron chi connectivity index (χ0n) is 14.7. The van der Waals surface area contributed by atoms with Crippen LogP contribution >= 0.6 is 0 Å². The van der Waals surface area contributed by atoms with E-state index < -0.39 is 5.97 Å². The van der Waals surface area contributed by atoms with Crippen molar-refractivity contribution in [2.75, 3.05) is 7.11 Å². The van der Waals surface area contributed by atoms with Crippen molar-refractivity contribution in [1.82, 2.24) is 14.8 Å². The van der Waals surface area contributed by atoms with Crippen LogP contribution in [-0.2, 0) is 6.54 Å². The molecule has 2 aromatic carbocycles. The van der Waals surface area contributed by atoms with E-state index in [4.69, 9.17) is 4.74 Å². The maximum Gasteiger partial charge on any atom is 0.335 e. The molecule has 0 unspecified atom stereocenters. The summed E-state index contributed by atoms with van der Waals surface area (Å²) >= 11 is 0. The van der Waals surface area contributed by atoms with E-state index in [1.165, 1.54) is 0 Å². The fourth-order valence-electron chi connectivity index (χ4n) is 3.07. The third-order valence-corrected chi connectivity index (χ3v) is 4.33. The van der Waals surface area contributed by atoms with Crippen LogP contribution in [0.25, 0.3) is 22.0 Å². The number of hydrogen-bond acceptors (Lipinski definition) is 4. The number of methoxy groups -OCH3 is 1. The van der Waals surface area contributed by atoms with E-state index in [1.807, 2.05) is 47.3 Å². The van der Waals surface area contributed by atoms with Gasteiger partial charge in [0, 0.05) is 17.6 Å². The quantitative estimate of drug-likeness (QED) is 0.586. The highest BCUT2D eigenvalue weighted by Gasteiger charge is 2.11. The molecule has 0 saturated carbocycles. The van der Waals surface area contributed by atoms with Crippen molar-refractivity contribution in [3.63, 3.8) is 0 Å². The second-order valence-electron chi connectivity index (χ2n) is 6.12. The van der Waals surface area contributed by atoms with Gasteiger partial charge in [0.25, 0.3) is 0 Å². The summed E-state index contributed by atoms with van der Waals surface area (Å²) in [5.41, 5.74) is 3.74. The molecule has 0 fully saturated rings. The summed E-state index contributed by atoms with van der Waals surface area (Å²) < 4.78 is 7.00. The predicted octanol–water partition coefficient (Wildman–Crippen LogP) is 3.85. The first kappa shape index (κ1) is 16.8. The average Bonchev–Trinajstić information content (AvgIpc) is 3.10. The molecule has 0 radical (unpaired) electrons. The first-order valence-corrected chi connectivity index (χ1v) is 8.44. The second-order valence-corrected chi connectivity index (χ2v) is 6.12. The van der Waals surface area contributed by atoms with Crippen molar-refractivity contribution in [1.29, 1.82) is 0 Å². The van der Waals surface area contributed by atoms with Gasteiger partial charge < -0.3 is 9.84 Å². The zero-order valence-corrected chi connectivity index (χ0v) is 14.7. The SMILES string of the molecule is COc1cccc(Cn2cc3c(-c4cccc(C(=O)O)c4)cccc3n2)n1. The number of hydrogen-bond donors (Lipinski definition) is 1. The van der Waals surface area contributed by atoms with Gasteiger partial charge in [0.1, 0.15) is 0 Å². The fourth-order valence-corrected chi connectivity index (χ4v) is 3.07. The summed E-state index contributed by atoms with van der Waals surface area (Å²) in [6.07, 6.45) is 1.96. The minimum Gasteiger partial charge on any atom is -0.481 e. The molecule has 1 N–H and O–H groups in total. The minimum absolute atomic E-state index is 0.262. The van der Waals surface area contributed by atoms with E-state index in [0.717, 1.165) is 27.7 Å². The number of ether oxygens (including phenoxy) is 1. The van der Waals surface area contributed by atoms with Crippen LogP contribution in [0.2, 0.25) is 0 Å². The highest BCUT2D eigenvalue weighted by atomic mass is 16.5. The molecule has 0 saturated heterocycles. The van der Waals surface area contributed by atoms with Crippen molar-refractivity contribution in [3.05, 3.63) is 78.1 Å². The maximum absolute atomic E-state index is 11.3. The van der Waals surface area contributed by atoms with Gasteiger partial charge in [-0.15, -0.1) is 0 Å². The van der Waals surface area contributed by atoms with Gasteiger partial charge >= 0.3 is 5.97 Å². The van der Waals surface area contributed by atoms with Gasteiger partial charge in [-0.1, -0.05) is 30.3 Å². The maximum atomic E-state index is 11.3. The van der Waals surface area contributed by atoms with Gasteiger partial charge in [0.2, 0.25) is 5.88 Å². The highest BCUT2D eigenvalue weighted by molar-refractivity contribution is 5.96. The van der Waals surface area contributed by atoms with Crippen LogP contribution in [0, 0.1) is 0 Å². The third kappa shape index (κ3) is 3.37. The van der Waals surface area contributed by atoms with Crippen LogP contribution in [0.4, 0.5) is 0 Å². The first-order chi connectivity index (χ1) is 13.1. The van der Waals surface area contributed by atoms with E-state index in [2.05, 4.69) is 10.1 Å². The summed E-state index contributed by atoms with van der Waals surface area (Å²) in [5.74, 6) is -0.376. The molecule has 0 bridgehead atoms. The molecule has 4 rings (SSSR count). The number of carboxylic acid groups (broad SMARTS) is 1. The predicted molar refractivity (Wildman–Crippen MR) is 102 cm³/mol. The molecule has 0 spiro atoms. The van der Waals surface area contributed by atoms with Crippen molar-refractivity contribution in [2.24, 2.45) is 0 Å². The van der Waals surface area contributed by atoms with Gasteiger partial charge in [-0.05, 0) is 35.4 Å². The van der Waals surface area contributed by atoms with E-state index in [0.29, 0.717) is 12.4 Å². The normalized spacial score (nSPS) is 10.9. The number of carbonyl (C=O) groups is 1. The molecule has 0 amide bonds. The van der Waals surface area contributed by atoms with Crippen LogP contribution < -0.4 is 4.74 Å². The largest absolute Gasteiger partial charge is 0.481 e. The average molecular weight is 359 g/mol. The fraction of sp³-hybridized carbons (Fsp3) is 0.0952. The molecule has 6 nitrogen and oxygen atoms in total. The number of fused-ring (bicyclic) bond motifs is 1. The highest BCUT2D eigenvalue weighted by Crippen LogP contribution is 2.29. The third-order valence-electron chi connectivity index (χ3n) is 4.33. The van der Waals surface area contributed by atoms with Crippen molar-refractivity contribution >= 4 is 16.9 Å². The lowest BCUT2D eigenvalue weighted by Crippen LogP contribution is -2.02. The van der Waals surface area contributed by atoms with Crippen molar-refractivity contribution in [3.8, 4) is 17.0 Å². The smallest absolute Gasteiger partial charge is 0.335 e. The molecule has 4 aromatic rings. The van der Waals surface area contributed by atoms with Gasteiger partial charge in [-0.3, -0.25) is 4.68 Å². The number of nitrogens with zero attached hydrogens (tertiary/aromatic N) is 3. The Balaban J connectivity index is 1.74. The van der Waals surface area contributed by atoms with Gasteiger partial charge in [-0.2, -0.15) is 5.10 Å². The molecule has 6 heteroatoms. The van der Waals surface area contributed by atoms with E-state index in [1.54, 1.807) is 31.4 Å². The Labute approximate surface area is 155 Å². The van der Waals surface area contributed by atoms with Crippen molar-refractivity contribution in [2.45, 2.75) is 6.54 Å². The second kappa shape index (κ2) is 6.92. The number of pyridine rings is 1. The Morgan fingerprint density at radius 1 is 1.11 bits per heavy atom. The minimum atomic E-state index is -0.941. The molecule has 2 aromatic heterocycles. The summed E-state index contributed by atoms with van der Waals surface area (Å²) in [4.78, 5) is 15.7. The lowest BCUT2D eigenvalue weighted by molar-refractivity contribution is 0.0697. The molecule has 0 aliphatic carbocycles. The van der Waals surface area contributed by atoms with Crippen molar-refractivity contribution < 1.29 is 14.6 Å². The topological polar surface area (TPSA) is 77.2 Å². The Kier molecular flexibility index (Phi) is 4.30. The Morgan fingerprint density at radius 3 is 2.74 bits per heavy atom. The summed E-state index contributed by atoms with van der Waals surface area (Å²) in [6, 6.07) is 18.4. The Hall–Kier alpha value is -3.67. The monoisotopic (exact) mass is 359 g/mol.